The summed E-state index contributed by atoms with van der Waals surface area (Å²) in [6.07, 6.45) is 5.34. The van der Waals surface area contributed by atoms with Gasteiger partial charge >= 0.3 is 0 Å². The minimum absolute atomic E-state index is 0. The van der Waals surface area contributed by atoms with Gasteiger partial charge < -0.3 is 10.3 Å². The predicted octanol–water partition coefficient (Wildman–Crippen LogP) is 1.14. The highest BCUT2D eigenvalue weighted by Crippen LogP contribution is 1.98. The van der Waals surface area contributed by atoms with E-state index >= 15 is 0 Å². The number of hydrogen-bond donors (Lipinski definition) is 1. The van der Waals surface area contributed by atoms with Crippen molar-refractivity contribution in [2.75, 3.05) is 6.54 Å². The molecule has 0 aromatic carbocycles. The van der Waals surface area contributed by atoms with Crippen molar-refractivity contribution in [1.82, 2.24) is 5.16 Å². The first-order valence-electron chi connectivity index (χ1n) is 3.02. The van der Waals surface area contributed by atoms with Crippen LogP contribution in [0.5, 0.6) is 0 Å². The van der Waals surface area contributed by atoms with Gasteiger partial charge in [-0.1, -0.05) is 5.16 Å². The molecule has 0 unspecified atom stereocenters. The van der Waals surface area contributed by atoms with Crippen molar-refractivity contribution < 1.29 is 4.52 Å². The first-order valence-corrected chi connectivity index (χ1v) is 3.02. The maximum absolute atomic E-state index is 5.29. The molecule has 0 aliphatic rings. The number of aromatic nitrogens is 1. The average Bonchev–Trinajstić information content (AvgIpc) is 2.34. The zero-order chi connectivity index (χ0) is 6.53. The average molecular weight is 207 g/mol. The third-order valence-corrected chi connectivity index (χ3v) is 1.15. The predicted molar refractivity (Wildman–Crippen MR) is 44.2 cm³/mol. The largest absolute Gasteiger partial charge is 0.364 e. The molecule has 1 heterocycles. The fraction of sp³-hybridized carbons (Fsp3) is 0.500. The number of nitrogens with two attached hydrogens (primary N) is 1. The second-order valence-electron chi connectivity index (χ2n) is 1.92. The van der Waals surface area contributed by atoms with Crippen molar-refractivity contribution >= 4 is 17.0 Å². The Hall–Kier alpha value is -0.350. The second kappa shape index (κ2) is 5.44. The van der Waals surface area contributed by atoms with Crippen LogP contribution in [-0.2, 0) is 6.42 Å². The molecular formula is C6H11BrN2O. The van der Waals surface area contributed by atoms with E-state index in [4.69, 9.17) is 5.73 Å². The number of aryl methyl sites for hydroxylation is 1. The number of nitrogens with zero attached hydrogens (tertiary/aromatic N) is 1. The molecule has 0 aliphatic heterocycles. The van der Waals surface area contributed by atoms with Gasteiger partial charge in [0.25, 0.3) is 0 Å². The van der Waals surface area contributed by atoms with Gasteiger partial charge in [-0.15, -0.1) is 17.0 Å². The first-order chi connectivity index (χ1) is 4.43. The molecule has 58 valence electrons. The number of rotatable bonds is 3. The van der Waals surface area contributed by atoms with E-state index in [0.29, 0.717) is 0 Å². The van der Waals surface area contributed by atoms with Crippen LogP contribution in [0.2, 0.25) is 0 Å². The van der Waals surface area contributed by atoms with Crippen LogP contribution in [0.25, 0.3) is 0 Å². The summed E-state index contributed by atoms with van der Waals surface area (Å²) in [6.45, 7) is 0.727. The van der Waals surface area contributed by atoms with Gasteiger partial charge in [-0.05, 0) is 19.4 Å². The van der Waals surface area contributed by atoms with Gasteiger partial charge in [0.1, 0.15) is 6.26 Å². The molecular weight excluding hydrogens is 196 g/mol. The zero-order valence-electron chi connectivity index (χ0n) is 5.62. The molecule has 0 aliphatic carbocycles. The lowest BCUT2D eigenvalue weighted by molar-refractivity contribution is 0.419. The first kappa shape index (κ1) is 9.65. The zero-order valence-corrected chi connectivity index (χ0v) is 7.33. The number of halogens is 1. The van der Waals surface area contributed by atoms with Gasteiger partial charge in [0.2, 0.25) is 0 Å². The second-order valence-corrected chi connectivity index (χ2v) is 1.92. The molecule has 1 aromatic heterocycles. The van der Waals surface area contributed by atoms with Gasteiger partial charge in [-0.25, -0.2) is 0 Å². The van der Waals surface area contributed by atoms with E-state index in [9.17, 15) is 0 Å². The lowest BCUT2D eigenvalue weighted by Gasteiger charge is -1.88. The number of hydrogen-bond acceptors (Lipinski definition) is 3. The molecule has 3 nitrogen and oxygen atoms in total. The lowest BCUT2D eigenvalue weighted by Crippen LogP contribution is -1.99. The van der Waals surface area contributed by atoms with Crippen LogP contribution >= 0.6 is 17.0 Å². The van der Waals surface area contributed by atoms with E-state index < -0.39 is 0 Å². The minimum atomic E-state index is 0. The molecule has 0 bridgehead atoms. The molecule has 0 saturated heterocycles. The van der Waals surface area contributed by atoms with Gasteiger partial charge in [0.15, 0.2) is 0 Å². The fourth-order valence-electron chi connectivity index (χ4n) is 0.656. The van der Waals surface area contributed by atoms with Crippen LogP contribution in [0.3, 0.4) is 0 Å². The Labute approximate surface area is 70.3 Å². The van der Waals surface area contributed by atoms with E-state index in [1.54, 1.807) is 12.5 Å². The summed E-state index contributed by atoms with van der Waals surface area (Å²) >= 11 is 0. The fourth-order valence-corrected chi connectivity index (χ4v) is 0.656. The Bertz CT molecular complexity index is 153. The van der Waals surface area contributed by atoms with Crippen molar-refractivity contribution in [2.24, 2.45) is 5.73 Å². The van der Waals surface area contributed by atoms with Crippen LogP contribution in [0.1, 0.15) is 12.0 Å². The van der Waals surface area contributed by atoms with E-state index in [1.165, 1.54) is 0 Å². The molecule has 0 fully saturated rings. The Morgan fingerprint density at radius 2 is 2.40 bits per heavy atom. The van der Waals surface area contributed by atoms with Crippen LogP contribution in [-0.4, -0.2) is 11.7 Å². The summed E-state index contributed by atoms with van der Waals surface area (Å²) in [6, 6.07) is 0. The third kappa shape index (κ3) is 2.98. The van der Waals surface area contributed by atoms with Crippen LogP contribution < -0.4 is 5.73 Å². The van der Waals surface area contributed by atoms with Crippen molar-refractivity contribution in [3.05, 3.63) is 18.0 Å². The Morgan fingerprint density at radius 1 is 1.60 bits per heavy atom. The molecule has 0 amide bonds. The van der Waals surface area contributed by atoms with Crippen molar-refractivity contribution in [2.45, 2.75) is 12.8 Å². The quantitative estimate of drug-likeness (QED) is 0.808. The molecule has 0 radical (unpaired) electrons. The highest BCUT2D eigenvalue weighted by Gasteiger charge is 1.91. The van der Waals surface area contributed by atoms with Crippen LogP contribution in [0.4, 0.5) is 0 Å². The highest BCUT2D eigenvalue weighted by molar-refractivity contribution is 8.93. The summed E-state index contributed by atoms with van der Waals surface area (Å²) in [5.74, 6) is 0. The van der Waals surface area contributed by atoms with E-state index in [2.05, 4.69) is 9.68 Å². The SMILES string of the molecule is Br.NCCCc1cnoc1. The van der Waals surface area contributed by atoms with Crippen molar-refractivity contribution in [1.29, 1.82) is 0 Å². The van der Waals surface area contributed by atoms with Crippen molar-refractivity contribution in [3.63, 3.8) is 0 Å². The molecule has 4 heteroatoms. The highest BCUT2D eigenvalue weighted by atomic mass is 79.9. The van der Waals surface area contributed by atoms with E-state index in [1.807, 2.05) is 0 Å². The monoisotopic (exact) mass is 206 g/mol. The smallest absolute Gasteiger partial charge is 0.126 e. The maximum atomic E-state index is 5.29. The topological polar surface area (TPSA) is 52.0 Å². The van der Waals surface area contributed by atoms with Gasteiger partial charge in [0.05, 0.1) is 6.20 Å². The maximum Gasteiger partial charge on any atom is 0.126 e. The molecule has 2 N–H and O–H groups in total. The molecule has 1 rings (SSSR count). The normalized spacial score (nSPS) is 8.90. The van der Waals surface area contributed by atoms with Gasteiger partial charge in [-0.2, -0.15) is 0 Å². The molecule has 0 saturated carbocycles. The van der Waals surface area contributed by atoms with Crippen LogP contribution in [0, 0.1) is 0 Å². The van der Waals surface area contributed by atoms with Gasteiger partial charge in [0, 0.05) is 5.56 Å². The lowest BCUT2D eigenvalue weighted by atomic mass is 10.2. The van der Waals surface area contributed by atoms with Crippen molar-refractivity contribution in [3.8, 4) is 0 Å². The Balaban J connectivity index is 0.000000810. The van der Waals surface area contributed by atoms with E-state index in [-0.39, 0.29) is 17.0 Å². The van der Waals surface area contributed by atoms with Crippen LogP contribution in [0.15, 0.2) is 17.0 Å². The van der Waals surface area contributed by atoms with E-state index in [0.717, 1.165) is 24.9 Å². The summed E-state index contributed by atoms with van der Waals surface area (Å²) in [5, 5.41) is 3.56. The Morgan fingerprint density at radius 3 is 2.90 bits per heavy atom. The molecule has 10 heavy (non-hydrogen) atoms. The molecule has 0 atom stereocenters. The standard InChI is InChI=1S/C6H10N2O.BrH/c7-3-1-2-6-4-8-9-5-6;/h4-5H,1-3,7H2;1H. The Kier molecular flexibility index (Phi) is 5.25. The molecule has 1 aromatic rings. The summed E-state index contributed by atoms with van der Waals surface area (Å²) < 4.78 is 4.62. The third-order valence-electron chi connectivity index (χ3n) is 1.15. The summed E-state index contributed by atoms with van der Waals surface area (Å²) in [7, 11) is 0. The van der Waals surface area contributed by atoms with Gasteiger partial charge in [-0.3, -0.25) is 0 Å². The summed E-state index contributed by atoms with van der Waals surface area (Å²) in [4.78, 5) is 0. The summed E-state index contributed by atoms with van der Waals surface area (Å²) in [5.41, 5.74) is 6.42. The molecule has 0 spiro atoms. The minimum Gasteiger partial charge on any atom is -0.364 e.